The third-order valence-electron chi connectivity index (χ3n) is 2.95. The quantitative estimate of drug-likeness (QED) is 0.682. The van der Waals surface area contributed by atoms with Gasteiger partial charge in [-0.25, -0.2) is 0 Å². The van der Waals surface area contributed by atoms with Gasteiger partial charge in [0.25, 0.3) is 5.91 Å². The lowest BCUT2D eigenvalue weighted by atomic mass is 10.0. The maximum atomic E-state index is 12.3. The Hall–Kier alpha value is -1.79. The molecule has 1 heterocycles. The molecule has 1 aromatic rings. The fourth-order valence-corrected chi connectivity index (χ4v) is 1.97. The summed E-state index contributed by atoms with van der Waals surface area (Å²) < 4.78 is 5.23. The first-order valence-electron chi connectivity index (χ1n) is 5.67. The van der Waals surface area contributed by atoms with Crippen molar-refractivity contribution in [3.63, 3.8) is 0 Å². The summed E-state index contributed by atoms with van der Waals surface area (Å²) in [6.07, 6.45) is 5.47. The molecule has 0 radical (unpaired) electrons. The Morgan fingerprint density at radius 3 is 2.76 bits per heavy atom. The summed E-state index contributed by atoms with van der Waals surface area (Å²) in [6.45, 7) is 4.39. The largest absolute Gasteiger partial charge is 0.378 e. The lowest BCUT2D eigenvalue weighted by molar-refractivity contribution is 0.0302. The standard InChI is InChI=1S/C14H15NO2/c1-3-12-11(2)5-4-6-13(12)14(16)15-7-9-17-10-8-15/h1,4-6H,7-10H2,2H3. The van der Waals surface area contributed by atoms with E-state index in [0.717, 1.165) is 5.56 Å². The molecule has 0 spiro atoms. The molecule has 1 aliphatic heterocycles. The van der Waals surface area contributed by atoms with Gasteiger partial charge in [-0.1, -0.05) is 18.1 Å². The molecule has 0 bridgehead atoms. The molecule has 1 fully saturated rings. The van der Waals surface area contributed by atoms with Crippen molar-refractivity contribution in [2.75, 3.05) is 26.3 Å². The predicted octanol–water partition coefficient (Wildman–Crippen LogP) is 1.45. The van der Waals surface area contributed by atoms with Crippen molar-refractivity contribution in [2.24, 2.45) is 0 Å². The maximum absolute atomic E-state index is 12.3. The molecule has 0 atom stereocenters. The smallest absolute Gasteiger partial charge is 0.255 e. The first-order chi connectivity index (χ1) is 8.24. The van der Waals surface area contributed by atoms with Crippen LogP contribution in [-0.2, 0) is 4.74 Å². The Morgan fingerprint density at radius 2 is 2.12 bits per heavy atom. The minimum absolute atomic E-state index is 0.00458. The van der Waals surface area contributed by atoms with Gasteiger partial charge < -0.3 is 9.64 Å². The van der Waals surface area contributed by atoms with Crippen LogP contribution in [0, 0.1) is 19.3 Å². The van der Waals surface area contributed by atoms with E-state index in [1.54, 1.807) is 11.0 Å². The van der Waals surface area contributed by atoms with Crippen LogP contribution < -0.4 is 0 Å². The van der Waals surface area contributed by atoms with Crippen molar-refractivity contribution in [2.45, 2.75) is 6.92 Å². The van der Waals surface area contributed by atoms with E-state index in [1.165, 1.54) is 0 Å². The number of hydrogen-bond donors (Lipinski definition) is 0. The Bertz CT molecular complexity index is 468. The molecule has 88 valence electrons. The normalized spacial score (nSPS) is 15.4. The monoisotopic (exact) mass is 229 g/mol. The van der Waals surface area contributed by atoms with Crippen molar-refractivity contribution in [1.82, 2.24) is 4.90 Å². The Balaban J connectivity index is 2.30. The van der Waals surface area contributed by atoms with Gasteiger partial charge in [0.1, 0.15) is 0 Å². The number of carbonyl (C=O) groups is 1. The molecule has 17 heavy (non-hydrogen) atoms. The highest BCUT2D eigenvalue weighted by Crippen LogP contribution is 2.16. The van der Waals surface area contributed by atoms with Gasteiger partial charge in [-0.2, -0.15) is 0 Å². The lowest BCUT2D eigenvalue weighted by Gasteiger charge is -2.27. The molecule has 0 N–H and O–H groups in total. The molecule has 1 amide bonds. The number of benzene rings is 1. The van der Waals surface area contributed by atoms with E-state index in [0.29, 0.717) is 37.4 Å². The highest BCUT2D eigenvalue weighted by atomic mass is 16.5. The van der Waals surface area contributed by atoms with Gasteiger partial charge in [0, 0.05) is 18.7 Å². The number of aryl methyl sites for hydroxylation is 1. The summed E-state index contributed by atoms with van der Waals surface area (Å²) in [4.78, 5) is 14.1. The van der Waals surface area contributed by atoms with Gasteiger partial charge in [0.05, 0.1) is 18.8 Å². The number of ether oxygens (including phenoxy) is 1. The summed E-state index contributed by atoms with van der Waals surface area (Å²) in [5, 5.41) is 0. The lowest BCUT2D eigenvalue weighted by Crippen LogP contribution is -2.41. The van der Waals surface area contributed by atoms with E-state index in [9.17, 15) is 4.79 Å². The summed E-state index contributed by atoms with van der Waals surface area (Å²) in [5.74, 6) is 2.61. The third-order valence-corrected chi connectivity index (χ3v) is 2.95. The summed E-state index contributed by atoms with van der Waals surface area (Å²) in [7, 11) is 0. The number of amides is 1. The minimum Gasteiger partial charge on any atom is -0.378 e. The van der Waals surface area contributed by atoms with Crippen LogP contribution in [0.15, 0.2) is 18.2 Å². The molecule has 3 nitrogen and oxygen atoms in total. The first kappa shape index (κ1) is 11.7. The second-order valence-electron chi connectivity index (χ2n) is 4.05. The molecule has 0 aromatic heterocycles. The number of rotatable bonds is 1. The molecule has 0 aliphatic carbocycles. The second-order valence-corrected chi connectivity index (χ2v) is 4.05. The zero-order chi connectivity index (χ0) is 12.3. The molecule has 1 saturated heterocycles. The van der Waals surface area contributed by atoms with Crippen LogP contribution in [0.3, 0.4) is 0 Å². The van der Waals surface area contributed by atoms with Gasteiger partial charge in [0.15, 0.2) is 0 Å². The second kappa shape index (κ2) is 5.03. The van der Waals surface area contributed by atoms with Crippen molar-refractivity contribution in [3.8, 4) is 12.3 Å². The van der Waals surface area contributed by atoms with E-state index in [-0.39, 0.29) is 5.91 Å². The van der Waals surface area contributed by atoms with Crippen LogP contribution in [0.1, 0.15) is 21.5 Å². The predicted molar refractivity (Wildman–Crippen MR) is 65.8 cm³/mol. The van der Waals surface area contributed by atoms with Crippen LogP contribution in [-0.4, -0.2) is 37.1 Å². The van der Waals surface area contributed by atoms with Crippen molar-refractivity contribution in [1.29, 1.82) is 0 Å². The average Bonchev–Trinajstić information content (AvgIpc) is 2.38. The van der Waals surface area contributed by atoms with Gasteiger partial charge in [0.2, 0.25) is 0 Å². The minimum atomic E-state index is 0.00458. The van der Waals surface area contributed by atoms with Gasteiger partial charge in [-0.15, -0.1) is 6.42 Å². The van der Waals surface area contributed by atoms with Crippen LogP contribution in [0.2, 0.25) is 0 Å². The number of terminal acetylenes is 1. The average molecular weight is 229 g/mol. The molecule has 0 saturated carbocycles. The van der Waals surface area contributed by atoms with Gasteiger partial charge in [-0.05, 0) is 18.6 Å². The summed E-state index contributed by atoms with van der Waals surface area (Å²) in [6, 6.07) is 5.58. The van der Waals surface area contributed by atoms with Crippen molar-refractivity contribution >= 4 is 5.91 Å². The van der Waals surface area contributed by atoms with E-state index < -0.39 is 0 Å². The van der Waals surface area contributed by atoms with Crippen LogP contribution in [0.25, 0.3) is 0 Å². The topological polar surface area (TPSA) is 29.5 Å². The van der Waals surface area contributed by atoms with E-state index in [4.69, 9.17) is 11.2 Å². The number of carbonyl (C=O) groups excluding carboxylic acids is 1. The van der Waals surface area contributed by atoms with Crippen LogP contribution >= 0.6 is 0 Å². The Labute approximate surface area is 101 Å². The van der Waals surface area contributed by atoms with Crippen molar-refractivity contribution < 1.29 is 9.53 Å². The first-order valence-corrected chi connectivity index (χ1v) is 5.67. The number of nitrogens with zero attached hydrogens (tertiary/aromatic N) is 1. The summed E-state index contributed by atoms with van der Waals surface area (Å²) >= 11 is 0. The van der Waals surface area contributed by atoms with Gasteiger partial charge >= 0.3 is 0 Å². The molecule has 3 heteroatoms. The van der Waals surface area contributed by atoms with Crippen LogP contribution in [0.4, 0.5) is 0 Å². The number of morpholine rings is 1. The third kappa shape index (κ3) is 2.32. The maximum Gasteiger partial charge on any atom is 0.255 e. The molecule has 2 rings (SSSR count). The highest BCUT2D eigenvalue weighted by Gasteiger charge is 2.20. The zero-order valence-corrected chi connectivity index (χ0v) is 9.90. The van der Waals surface area contributed by atoms with Crippen LogP contribution in [0.5, 0.6) is 0 Å². The highest BCUT2D eigenvalue weighted by molar-refractivity contribution is 5.97. The fourth-order valence-electron chi connectivity index (χ4n) is 1.97. The van der Waals surface area contributed by atoms with Crippen molar-refractivity contribution in [3.05, 3.63) is 34.9 Å². The fraction of sp³-hybridized carbons (Fsp3) is 0.357. The Morgan fingerprint density at radius 1 is 1.41 bits per heavy atom. The van der Waals surface area contributed by atoms with E-state index >= 15 is 0 Å². The van der Waals surface area contributed by atoms with E-state index in [1.807, 2.05) is 19.1 Å². The zero-order valence-electron chi connectivity index (χ0n) is 9.90. The molecule has 0 unspecified atom stereocenters. The number of hydrogen-bond acceptors (Lipinski definition) is 2. The molecular formula is C14H15NO2. The van der Waals surface area contributed by atoms with Gasteiger partial charge in [-0.3, -0.25) is 4.79 Å². The molecule has 1 aliphatic rings. The molecule has 1 aromatic carbocycles. The molecular weight excluding hydrogens is 214 g/mol. The SMILES string of the molecule is C#Cc1c(C)cccc1C(=O)N1CCOCC1. The Kier molecular flexibility index (Phi) is 3.46. The van der Waals surface area contributed by atoms with E-state index in [2.05, 4.69) is 5.92 Å². The summed E-state index contributed by atoms with van der Waals surface area (Å²) in [5.41, 5.74) is 2.28.